The van der Waals surface area contributed by atoms with Gasteiger partial charge in [-0.3, -0.25) is 0 Å². The van der Waals surface area contributed by atoms with Crippen LogP contribution in [0.3, 0.4) is 0 Å². The highest BCUT2D eigenvalue weighted by Gasteiger charge is 1.97. The van der Waals surface area contributed by atoms with Crippen molar-refractivity contribution in [2.24, 2.45) is 5.92 Å². The molecule has 0 aromatic heterocycles. The molecule has 1 heteroatoms. The molecule has 0 spiro atoms. The second kappa shape index (κ2) is 6.15. The normalized spacial score (nSPS) is 14.6. The van der Waals surface area contributed by atoms with Crippen LogP contribution in [0.25, 0.3) is 0 Å². The summed E-state index contributed by atoms with van der Waals surface area (Å²) in [6.45, 7) is 4.39. The standard InChI is InChI=1S/C8H15Cl/c1-3-5-8(4-2)6-7-9/h6-8H,3-5H2,1-2H3. The molecule has 0 aliphatic rings. The van der Waals surface area contributed by atoms with Gasteiger partial charge in [-0.25, -0.2) is 0 Å². The molecule has 0 saturated heterocycles. The smallest absolute Gasteiger partial charge is 0.000525 e. The second-order valence-electron chi connectivity index (χ2n) is 2.28. The first kappa shape index (κ1) is 9.03. The van der Waals surface area contributed by atoms with Crippen molar-refractivity contribution >= 4 is 11.6 Å². The topological polar surface area (TPSA) is 0 Å². The van der Waals surface area contributed by atoms with Gasteiger partial charge in [0.15, 0.2) is 0 Å². The summed E-state index contributed by atoms with van der Waals surface area (Å²) in [6, 6.07) is 0. The Bertz CT molecular complexity index is 76.6. The lowest BCUT2D eigenvalue weighted by atomic mass is 10.0. The van der Waals surface area contributed by atoms with E-state index >= 15 is 0 Å². The van der Waals surface area contributed by atoms with E-state index in [4.69, 9.17) is 11.6 Å². The Morgan fingerprint density at radius 1 is 1.44 bits per heavy atom. The third-order valence-electron chi connectivity index (χ3n) is 1.53. The Balaban J connectivity index is 3.41. The van der Waals surface area contributed by atoms with Crippen molar-refractivity contribution in [3.8, 4) is 0 Å². The number of allylic oxidation sites excluding steroid dienone is 1. The Kier molecular flexibility index (Phi) is 6.18. The Labute approximate surface area is 62.9 Å². The summed E-state index contributed by atoms with van der Waals surface area (Å²) in [7, 11) is 0. The van der Waals surface area contributed by atoms with Crippen molar-refractivity contribution in [3.05, 3.63) is 11.6 Å². The van der Waals surface area contributed by atoms with Gasteiger partial charge in [-0.05, 0) is 18.8 Å². The zero-order valence-electron chi connectivity index (χ0n) is 6.23. The highest BCUT2D eigenvalue weighted by Crippen LogP contribution is 2.11. The maximum Gasteiger partial charge on any atom is 0.000525 e. The molecule has 1 atom stereocenters. The molecule has 0 aliphatic heterocycles. The molecule has 0 fully saturated rings. The lowest BCUT2D eigenvalue weighted by Gasteiger charge is -2.05. The summed E-state index contributed by atoms with van der Waals surface area (Å²) < 4.78 is 0. The van der Waals surface area contributed by atoms with Crippen molar-refractivity contribution in [2.75, 3.05) is 0 Å². The van der Waals surface area contributed by atoms with Crippen molar-refractivity contribution in [2.45, 2.75) is 33.1 Å². The van der Waals surface area contributed by atoms with Crippen LogP contribution in [0.2, 0.25) is 0 Å². The van der Waals surface area contributed by atoms with Crippen molar-refractivity contribution in [1.82, 2.24) is 0 Å². The molecular weight excluding hydrogens is 132 g/mol. The fraction of sp³-hybridized carbons (Fsp3) is 0.750. The van der Waals surface area contributed by atoms with Gasteiger partial charge in [-0.1, -0.05) is 37.9 Å². The molecule has 0 amide bonds. The van der Waals surface area contributed by atoms with Crippen LogP contribution in [0.5, 0.6) is 0 Å². The van der Waals surface area contributed by atoms with Crippen molar-refractivity contribution in [3.63, 3.8) is 0 Å². The van der Waals surface area contributed by atoms with Crippen molar-refractivity contribution in [1.29, 1.82) is 0 Å². The minimum atomic E-state index is 0.701. The van der Waals surface area contributed by atoms with E-state index in [-0.39, 0.29) is 0 Å². The van der Waals surface area contributed by atoms with Gasteiger partial charge in [0.1, 0.15) is 0 Å². The lowest BCUT2D eigenvalue weighted by molar-refractivity contribution is 0.564. The summed E-state index contributed by atoms with van der Waals surface area (Å²) in [4.78, 5) is 0. The van der Waals surface area contributed by atoms with Gasteiger partial charge in [0, 0.05) is 5.54 Å². The molecule has 0 aromatic carbocycles. The van der Waals surface area contributed by atoms with Gasteiger partial charge >= 0.3 is 0 Å². The first-order chi connectivity index (χ1) is 4.35. The highest BCUT2D eigenvalue weighted by molar-refractivity contribution is 6.25. The van der Waals surface area contributed by atoms with Crippen LogP contribution in [0.15, 0.2) is 11.6 Å². The highest BCUT2D eigenvalue weighted by atomic mass is 35.5. The monoisotopic (exact) mass is 146 g/mol. The molecule has 0 aliphatic carbocycles. The van der Waals surface area contributed by atoms with E-state index in [1.54, 1.807) is 5.54 Å². The minimum Gasteiger partial charge on any atom is -0.0933 e. The first-order valence-electron chi connectivity index (χ1n) is 3.62. The van der Waals surface area contributed by atoms with Gasteiger partial charge in [0.25, 0.3) is 0 Å². The molecule has 0 saturated carbocycles. The summed E-state index contributed by atoms with van der Waals surface area (Å²) in [5.74, 6) is 0.701. The van der Waals surface area contributed by atoms with E-state index in [9.17, 15) is 0 Å². The van der Waals surface area contributed by atoms with Crippen LogP contribution in [0.4, 0.5) is 0 Å². The summed E-state index contributed by atoms with van der Waals surface area (Å²) in [5.41, 5.74) is 1.63. The molecule has 0 nitrogen and oxygen atoms in total. The zero-order chi connectivity index (χ0) is 7.11. The van der Waals surface area contributed by atoms with Gasteiger partial charge in [0.05, 0.1) is 0 Å². The zero-order valence-corrected chi connectivity index (χ0v) is 6.99. The molecule has 54 valence electrons. The van der Waals surface area contributed by atoms with Crippen LogP contribution in [-0.2, 0) is 0 Å². The third kappa shape index (κ3) is 4.53. The third-order valence-corrected chi connectivity index (χ3v) is 1.67. The molecule has 0 N–H and O–H groups in total. The van der Waals surface area contributed by atoms with Crippen LogP contribution >= 0.6 is 11.6 Å². The predicted octanol–water partition coefficient (Wildman–Crippen LogP) is 3.57. The fourth-order valence-corrected chi connectivity index (χ4v) is 1.12. The van der Waals surface area contributed by atoms with Crippen LogP contribution < -0.4 is 0 Å². The van der Waals surface area contributed by atoms with E-state index in [1.807, 2.05) is 0 Å². The second-order valence-corrected chi connectivity index (χ2v) is 2.53. The van der Waals surface area contributed by atoms with E-state index in [1.165, 1.54) is 19.3 Å². The van der Waals surface area contributed by atoms with E-state index in [2.05, 4.69) is 19.9 Å². The number of hydrogen-bond donors (Lipinski definition) is 0. The molecular formula is C8H15Cl. The molecule has 0 rings (SSSR count). The van der Waals surface area contributed by atoms with Crippen molar-refractivity contribution < 1.29 is 0 Å². The van der Waals surface area contributed by atoms with Gasteiger partial charge in [0.2, 0.25) is 0 Å². The molecule has 0 aromatic rings. The summed E-state index contributed by atoms with van der Waals surface area (Å²) >= 11 is 5.43. The largest absolute Gasteiger partial charge is 0.0933 e. The summed E-state index contributed by atoms with van der Waals surface area (Å²) in [6.07, 6.45) is 5.79. The molecule has 9 heavy (non-hydrogen) atoms. The number of halogens is 1. The van der Waals surface area contributed by atoms with Crippen LogP contribution in [0, 0.1) is 5.92 Å². The maximum absolute atomic E-state index is 5.43. The number of hydrogen-bond acceptors (Lipinski definition) is 0. The number of rotatable bonds is 4. The molecule has 0 radical (unpaired) electrons. The van der Waals surface area contributed by atoms with E-state index in [0.29, 0.717) is 5.92 Å². The average Bonchev–Trinajstić information content (AvgIpc) is 1.88. The van der Waals surface area contributed by atoms with Gasteiger partial charge in [-0.2, -0.15) is 0 Å². The minimum absolute atomic E-state index is 0.701. The van der Waals surface area contributed by atoms with Crippen LogP contribution in [0.1, 0.15) is 33.1 Å². The van der Waals surface area contributed by atoms with Crippen LogP contribution in [-0.4, -0.2) is 0 Å². The lowest BCUT2D eigenvalue weighted by Crippen LogP contribution is -1.91. The van der Waals surface area contributed by atoms with E-state index < -0.39 is 0 Å². The Morgan fingerprint density at radius 2 is 2.11 bits per heavy atom. The summed E-state index contributed by atoms with van der Waals surface area (Å²) in [5, 5.41) is 0. The quantitative estimate of drug-likeness (QED) is 0.569. The Morgan fingerprint density at radius 3 is 2.44 bits per heavy atom. The van der Waals surface area contributed by atoms with Gasteiger partial charge in [-0.15, -0.1) is 0 Å². The maximum atomic E-state index is 5.43. The average molecular weight is 147 g/mol. The van der Waals surface area contributed by atoms with Gasteiger partial charge < -0.3 is 0 Å². The molecule has 1 unspecified atom stereocenters. The van der Waals surface area contributed by atoms with E-state index in [0.717, 1.165) is 0 Å². The first-order valence-corrected chi connectivity index (χ1v) is 4.05. The SMILES string of the molecule is CCCC(C=CCl)CC. The molecule has 0 heterocycles. The fourth-order valence-electron chi connectivity index (χ4n) is 0.910. The Hall–Kier alpha value is 0.0300. The molecule has 0 bridgehead atoms. The predicted molar refractivity (Wildman–Crippen MR) is 43.7 cm³/mol.